The van der Waals surface area contributed by atoms with E-state index in [-0.39, 0.29) is 5.56 Å². The van der Waals surface area contributed by atoms with Crippen LogP contribution >= 0.6 is 0 Å². The zero-order chi connectivity index (χ0) is 36.6. The maximum atomic E-state index is 14.9. The number of ether oxygens (including phenoxy) is 6. The van der Waals surface area contributed by atoms with Gasteiger partial charge in [0, 0.05) is 33.3 Å². The Kier molecular flexibility index (Phi) is 9.79. The number of carbonyl (C=O) groups excluding carboxylic acids is 6. The molecule has 8 atom stereocenters. The topological polar surface area (TPSA) is 178 Å². The van der Waals surface area contributed by atoms with E-state index in [0.29, 0.717) is 5.56 Å². The van der Waals surface area contributed by atoms with Crippen molar-refractivity contribution < 1.29 is 62.3 Å². The van der Waals surface area contributed by atoms with E-state index in [1.807, 2.05) is 0 Å². The van der Waals surface area contributed by atoms with Crippen molar-refractivity contribution in [2.24, 2.45) is 11.3 Å². The minimum atomic E-state index is -2.39. The lowest BCUT2D eigenvalue weighted by Crippen LogP contribution is -2.85. The van der Waals surface area contributed by atoms with Crippen LogP contribution in [0.3, 0.4) is 0 Å². The number of carbonyl (C=O) groups is 6. The Bertz CT molecular complexity index is 1700. The van der Waals surface area contributed by atoms with Crippen LogP contribution in [-0.4, -0.2) is 88.6 Å². The van der Waals surface area contributed by atoms with Crippen LogP contribution in [0.2, 0.25) is 0 Å². The predicted octanol–water partition coefficient (Wildman–Crippen LogP) is 3.15. The molecule has 8 unspecified atom stereocenters. The molecular weight excluding hydrogens is 652 g/mol. The summed E-state index contributed by atoms with van der Waals surface area (Å²) in [5.74, 6) is -6.67. The molecule has 2 bridgehead atoms. The Morgan fingerprint density at radius 2 is 1.42 bits per heavy atom. The van der Waals surface area contributed by atoms with E-state index in [9.17, 15) is 33.9 Å². The van der Waals surface area contributed by atoms with Crippen molar-refractivity contribution in [1.82, 2.24) is 0 Å². The number of fused-ring (bicyclic) bond motifs is 1. The van der Waals surface area contributed by atoms with Gasteiger partial charge in [-0.15, -0.1) is 0 Å². The fourth-order valence-corrected chi connectivity index (χ4v) is 7.98. The third-order valence-electron chi connectivity index (χ3n) is 9.66. The molecule has 3 fully saturated rings. The van der Waals surface area contributed by atoms with Gasteiger partial charge in [-0.25, -0.2) is 9.59 Å². The SMILES string of the molecule is CC(=O)OCC12C(OC(=O)c3ccccc3)C(=O)C3C(OC(C)=O)C1(OC3(C)C)C(C)(O)CC(OC(C)=O)C2OC(=O)/C=C/c1ccccc1. The third kappa shape index (κ3) is 6.20. The Hall–Kier alpha value is -4.88. The van der Waals surface area contributed by atoms with E-state index >= 15 is 0 Å². The molecule has 1 heterocycles. The maximum absolute atomic E-state index is 14.9. The van der Waals surface area contributed by atoms with Crippen molar-refractivity contribution in [3.63, 3.8) is 0 Å². The summed E-state index contributed by atoms with van der Waals surface area (Å²) >= 11 is 0. The molecule has 0 radical (unpaired) electrons. The molecule has 2 saturated carbocycles. The first-order valence-electron chi connectivity index (χ1n) is 16.1. The minimum Gasteiger partial charge on any atom is -0.465 e. The van der Waals surface area contributed by atoms with Gasteiger partial charge in [0.25, 0.3) is 0 Å². The molecular formula is C37H40O13. The lowest BCUT2D eigenvalue weighted by Gasteiger charge is -2.65. The summed E-state index contributed by atoms with van der Waals surface area (Å²) in [5, 5.41) is 12.6. The largest absolute Gasteiger partial charge is 0.465 e. The first kappa shape index (κ1) is 36.4. The van der Waals surface area contributed by atoms with Gasteiger partial charge in [-0.1, -0.05) is 48.5 Å². The molecule has 13 nitrogen and oxygen atoms in total. The Balaban J connectivity index is 1.81. The van der Waals surface area contributed by atoms with Crippen LogP contribution in [-0.2, 0) is 52.4 Å². The molecule has 266 valence electrons. The van der Waals surface area contributed by atoms with Crippen LogP contribution in [0.15, 0.2) is 66.7 Å². The van der Waals surface area contributed by atoms with Crippen molar-refractivity contribution in [2.45, 2.75) is 89.2 Å². The lowest BCUT2D eigenvalue weighted by molar-refractivity contribution is -0.350. The minimum absolute atomic E-state index is 0.0464. The van der Waals surface area contributed by atoms with Crippen LogP contribution in [0.1, 0.15) is 63.9 Å². The van der Waals surface area contributed by atoms with E-state index in [0.717, 1.165) is 26.8 Å². The van der Waals surface area contributed by atoms with Gasteiger partial charge in [-0.3, -0.25) is 19.2 Å². The van der Waals surface area contributed by atoms with Crippen LogP contribution in [0.5, 0.6) is 0 Å². The van der Waals surface area contributed by atoms with E-state index in [4.69, 9.17) is 28.4 Å². The first-order valence-corrected chi connectivity index (χ1v) is 16.1. The second kappa shape index (κ2) is 13.4. The lowest BCUT2D eigenvalue weighted by atomic mass is 9.46. The highest BCUT2D eigenvalue weighted by Crippen LogP contribution is 2.68. The Labute approximate surface area is 288 Å². The average Bonchev–Trinajstić information content (AvgIpc) is 3.25. The maximum Gasteiger partial charge on any atom is 0.338 e. The number of hydrogen-bond donors (Lipinski definition) is 1. The monoisotopic (exact) mass is 692 g/mol. The summed E-state index contributed by atoms with van der Waals surface area (Å²) < 4.78 is 36.0. The molecule has 0 amide bonds. The Morgan fingerprint density at radius 1 is 0.820 bits per heavy atom. The van der Waals surface area contributed by atoms with Crippen molar-refractivity contribution in [2.75, 3.05) is 6.61 Å². The van der Waals surface area contributed by atoms with E-state index in [1.165, 1.54) is 39.0 Å². The molecule has 2 aliphatic carbocycles. The molecule has 1 N–H and O–H groups in total. The fraction of sp³-hybridized carbons (Fsp3) is 0.459. The van der Waals surface area contributed by atoms with Gasteiger partial charge in [0.15, 0.2) is 23.6 Å². The standard InChI is InChI=1S/C37H40O13/c1-21(38)45-20-36-30(48-27(41)18-17-24-13-9-7-10-14-24)26(46-22(2)39)19-35(6,44)37(36)31(47-23(3)40)28(34(4,5)50-37)29(42)32(36)49-33(43)25-15-11-8-12-16-25/h7-18,26,28,30-32,44H,19-20H2,1-6H3/b18-17+. The third-order valence-corrected chi connectivity index (χ3v) is 9.66. The summed E-state index contributed by atoms with van der Waals surface area (Å²) in [6, 6.07) is 16.5. The molecule has 1 saturated heterocycles. The molecule has 5 rings (SSSR count). The summed E-state index contributed by atoms with van der Waals surface area (Å²) in [6.45, 7) is 6.80. The molecule has 13 heteroatoms. The quantitative estimate of drug-likeness (QED) is 0.231. The van der Waals surface area contributed by atoms with Crippen molar-refractivity contribution in [3.8, 4) is 0 Å². The average molecular weight is 693 g/mol. The molecule has 0 aromatic heterocycles. The summed E-state index contributed by atoms with van der Waals surface area (Å²) in [6.07, 6.45) is -4.80. The van der Waals surface area contributed by atoms with Crippen LogP contribution in [0, 0.1) is 11.3 Å². The first-order chi connectivity index (χ1) is 23.5. The zero-order valence-corrected chi connectivity index (χ0v) is 28.6. The molecule has 2 aromatic carbocycles. The van der Waals surface area contributed by atoms with Gasteiger partial charge in [0.2, 0.25) is 0 Å². The highest BCUT2D eigenvalue weighted by Gasteiger charge is 2.88. The van der Waals surface area contributed by atoms with Crippen LogP contribution < -0.4 is 0 Å². The predicted molar refractivity (Wildman–Crippen MR) is 173 cm³/mol. The fourth-order valence-electron chi connectivity index (χ4n) is 7.98. The van der Waals surface area contributed by atoms with Gasteiger partial charge < -0.3 is 33.5 Å². The van der Waals surface area contributed by atoms with Crippen molar-refractivity contribution >= 4 is 41.7 Å². The number of esters is 5. The molecule has 3 aliphatic rings. The van der Waals surface area contributed by atoms with Gasteiger partial charge in [0.05, 0.1) is 22.7 Å². The number of hydrogen-bond acceptors (Lipinski definition) is 13. The van der Waals surface area contributed by atoms with Crippen molar-refractivity contribution in [1.29, 1.82) is 0 Å². The number of aliphatic hydroxyl groups is 1. The second-order valence-corrected chi connectivity index (χ2v) is 13.6. The molecule has 1 spiro atoms. The highest BCUT2D eigenvalue weighted by atomic mass is 16.6. The number of Topliss-reactive ketones (excluding diaryl/α,β-unsaturated/α-hetero) is 1. The van der Waals surface area contributed by atoms with Gasteiger partial charge in [-0.05, 0) is 44.5 Å². The van der Waals surface area contributed by atoms with E-state index < -0.39 is 101 Å². The number of ketones is 1. The summed E-state index contributed by atoms with van der Waals surface area (Å²) in [4.78, 5) is 80.3. The molecule has 1 aliphatic heterocycles. The second-order valence-electron chi connectivity index (χ2n) is 13.6. The van der Waals surface area contributed by atoms with Gasteiger partial charge in [-0.2, -0.15) is 0 Å². The van der Waals surface area contributed by atoms with E-state index in [1.54, 1.807) is 48.5 Å². The normalized spacial score (nSPS) is 32.4. The smallest absolute Gasteiger partial charge is 0.338 e. The van der Waals surface area contributed by atoms with Crippen LogP contribution in [0.4, 0.5) is 0 Å². The molecule has 2 aromatic rings. The van der Waals surface area contributed by atoms with Crippen LogP contribution in [0.25, 0.3) is 6.08 Å². The Morgan fingerprint density at radius 3 is 2.00 bits per heavy atom. The number of rotatable bonds is 9. The van der Waals surface area contributed by atoms with Crippen molar-refractivity contribution in [3.05, 3.63) is 77.9 Å². The number of benzene rings is 2. The van der Waals surface area contributed by atoms with E-state index in [2.05, 4.69) is 0 Å². The van der Waals surface area contributed by atoms with Gasteiger partial charge in [0.1, 0.15) is 24.2 Å². The highest BCUT2D eigenvalue weighted by molar-refractivity contribution is 5.96. The molecule has 50 heavy (non-hydrogen) atoms. The van der Waals surface area contributed by atoms with Gasteiger partial charge >= 0.3 is 29.8 Å². The zero-order valence-electron chi connectivity index (χ0n) is 28.6. The summed E-state index contributed by atoms with van der Waals surface area (Å²) in [7, 11) is 0. The summed E-state index contributed by atoms with van der Waals surface area (Å²) in [5.41, 5.74) is -7.68.